The quantitative estimate of drug-likeness (QED) is 0.624. The van der Waals surface area contributed by atoms with Crippen LogP contribution in [0, 0.1) is 29.6 Å². The van der Waals surface area contributed by atoms with E-state index >= 15 is 0 Å². The summed E-state index contributed by atoms with van der Waals surface area (Å²) in [5, 5.41) is 11.2. The molecule has 2 rings (SSSR count). The van der Waals surface area contributed by atoms with Crippen LogP contribution in [0.25, 0.3) is 0 Å². The number of nitrogens with zero attached hydrogens (tertiary/aromatic N) is 3. The van der Waals surface area contributed by atoms with Crippen molar-refractivity contribution in [2.24, 2.45) is 5.92 Å². The monoisotopic (exact) mass is 326 g/mol. The zero-order chi connectivity index (χ0) is 17.4. The molecule has 0 bridgehead atoms. The number of pyridine rings is 1. The largest absolute Gasteiger partial charge is 0.455 e. The zero-order valence-electron chi connectivity index (χ0n) is 13.2. The van der Waals surface area contributed by atoms with Gasteiger partial charge in [0.2, 0.25) is 0 Å². The number of piperidine rings is 1. The van der Waals surface area contributed by atoms with Gasteiger partial charge in [0, 0.05) is 19.3 Å². The van der Waals surface area contributed by atoms with E-state index in [1.54, 1.807) is 12.1 Å². The SMILES string of the molecule is C#CCNC(=O)COC(=O)C1CCN(c2ccc(C#N)cn2)CC1. The topological polar surface area (TPSA) is 95.3 Å². The molecule has 24 heavy (non-hydrogen) atoms. The fourth-order valence-corrected chi connectivity index (χ4v) is 2.44. The third-order valence-electron chi connectivity index (χ3n) is 3.76. The van der Waals surface area contributed by atoms with Crippen LogP contribution in [0.15, 0.2) is 18.3 Å². The summed E-state index contributed by atoms with van der Waals surface area (Å²) in [4.78, 5) is 29.7. The van der Waals surface area contributed by atoms with Gasteiger partial charge in [-0.3, -0.25) is 9.59 Å². The van der Waals surface area contributed by atoms with Crippen LogP contribution in [-0.2, 0) is 14.3 Å². The lowest BCUT2D eigenvalue weighted by Crippen LogP contribution is -2.38. The van der Waals surface area contributed by atoms with Gasteiger partial charge < -0.3 is 15.0 Å². The standard InChI is InChI=1S/C17H18N4O3/c1-2-7-19-16(22)12-24-17(23)14-5-8-21(9-6-14)15-4-3-13(10-18)11-20-15/h1,3-4,11,14H,5-9,12H2,(H,19,22). The highest BCUT2D eigenvalue weighted by molar-refractivity contribution is 5.81. The summed E-state index contributed by atoms with van der Waals surface area (Å²) >= 11 is 0. The van der Waals surface area contributed by atoms with E-state index in [0.717, 1.165) is 5.82 Å². The predicted octanol–water partition coefficient (Wildman–Crippen LogP) is 0.462. The molecule has 0 saturated carbocycles. The first-order valence-corrected chi connectivity index (χ1v) is 7.62. The second kappa shape index (κ2) is 8.54. The minimum Gasteiger partial charge on any atom is -0.455 e. The summed E-state index contributed by atoms with van der Waals surface area (Å²) in [6.45, 7) is 1.15. The first kappa shape index (κ1) is 17.3. The Labute approximate surface area is 140 Å². The smallest absolute Gasteiger partial charge is 0.309 e. The van der Waals surface area contributed by atoms with Crippen molar-refractivity contribution in [2.45, 2.75) is 12.8 Å². The Morgan fingerprint density at radius 3 is 2.75 bits per heavy atom. The van der Waals surface area contributed by atoms with E-state index in [0.29, 0.717) is 31.5 Å². The lowest BCUT2D eigenvalue weighted by molar-refractivity contribution is -0.153. The van der Waals surface area contributed by atoms with Crippen molar-refractivity contribution in [2.75, 3.05) is 31.1 Å². The molecule has 1 saturated heterocycles. The van der Waals surface area contributed by atoms with Crippen molar-refractivity contribution in [3.05, 3.63) is 23.9 Å². The molecule has 0 spiro atoms. The Morgan fingerprint density at radius 2 is 2.17 bits per heavy atom. The number of rotatable bonds is 5. The van der Waals surface area contributed by atoms with Crippen molar-refractivity contribution in [3.63, 3.8) is 0 Å². The van der Waals surface area contributed by atoms with E-state index in [-0.39, 0.29) is 25.0 Å². The number of aromatic nitrogens is 1. The molecule has 1 fully saturated rings. The summed E-state index contributed by atoms with van der Waals surface area (Å²) in [5.41, 5.74) is 0.514. The third kappa shape index (κ3) is 4.72. The number of terminal acetylenes is 1. The first-order chi connectivity index (χ1) is 11.6. The maximum absolute atomic E-state index is 12.0. The number of carbonyl (C=O) groups excluding carboxylic acids is 2. The van der Waals surface area contributed by atoms with Crippen molar-refractivity contribution in [3.8, 4) is 18.4 Å². The van der Waals surface area contributed by atoms with E-state index < -0.39 is 5.91 Å². The Bertz CT molecular complexity index is 665. The molecule has 1 aromatic rings. The lowest BCUT2D eigenvalue weighted by Gasteiger charge is -2.31. The van der Waals surface area contributed by atoms with E-state index in [1.807, 2.05) is 6.07 Å². The van der Waals surface area contributed by atoms with Crippen molar-refractivity contribution in [1.82, 2.24) is 10.3 Å². The Kier molecular flexibility index (Phi) is 6.16. The number of nitriles is 1. The first-order valence-electron chi connectivity index (χ1n) is 7.62. The van der Waals surface area contributed by atoms with Crippen molar-refractivity contribution < 1.29 is 14.3 Å². The molecular formula is C17H18N4O3. The van der Waals surface area contributed by atoms with Crippen LogP contribution < -0.4 is 10.2 Å². The van der Waals surface area contributed by atoms with E-state index in [9.17, 15) is 9.59 Å². The highest BCUT2D eigenvalue weighted by Crippen LogP contribution is 2.22. The average Bonchev–Trinajstić information content (AvgIpc) is 2.64. The number of amides is 1. The number of carbonyl (C=O) groups is 2. The highest BCUT2D eigenvalue weighted by atomic mass is 16.5. The normalized spacial score (nSPS) is 14.3. The molecule has 0 aromatic carbocycles. The molecular weight excluding hydrogens is 308 g/mol. The van der Waals surface area contributed by atoms with Crippen LogP contribution >= 0.6 is 0 Å². The molecule has 124 valence electrons. The van der Waals surface area contributed by atoms with E-state index in [2.05, 4.69) is 21.1 Å². The summed E-state index contributed by atoms with van der Waals surface area (Å²) in [6, 6.07) is 5.55. The van der Waals surface area contributed by atoms with Gasteiger partial charge in [0.05, 0.1) is 18.0 Å². The number of esters is 1. The molecule has 0 unspecified atom stereocenters. The molecule has 1 aliphatic rings. The minimum atomic E-state index is -0.402. The Morgan fingerprint density at radius 1 is 1.42 bits per heavy atom. The number of nitrogens with one attached hydrogen (secondary N) is 1. The average molecular weight is 326 g/mol. The molecule has 0 aliphatic carbocycles. The lowest BCUT2D eigenvalue weighted by atomic mass is 9.97. The molecule has 0 radical (unpaired) electrons. The van der Waals surface area contributed by atoms with Crippen LogP contribution in [0.5, 0.6) is 0 Å². The van der Waals surface area contributed by atoms with Crippen LogP contribution in [-0.4, -0.2) is 43.1 Å². The fraction of sp³-hybridized carbons (Fsp3) is 0.412. The molecule has 2 heterocycles. The van der Waals surface area contributed by atoms with Gasteiger partial charge in [-0.2, -0.15) is 5.26 Å². The summed E-state index contributed by atoms with van der Waals surface area (Å²) in [5.74, 6) is 2.07. The summed E-state index contributed by atoms with van der Waals surface area (Å²) < 4.78 is 5.02. The van der Waals surface area contributed by atoms with Gasteiger partial charge in [0.15, 0.2) is 6.61 Å². The molecule has 1 aromatic heterocycles. The van der Waals surface area contributed by atoms with Gasteiger partial charge in [-0.1, -0.05) is 5.92 Å². The summed E-state index contributed by atoms with van der Waals surface area (Å²) in [7, 11) is 0. The molecule has 0 atom stereocenters. The summed E-state index contributed by atoms with van der Waals surface area (Å²) in [6.07, 6.45) is 7.82. The van der Waals surface area contributed by atoms with Gasteiger partial charge in [-0.15, -0.1) is 6.42 Å². The van der Waals surface area contributed by atoms with E-state index in [1.165, 1.54) is 6.20 Å². The second-order valence-corrected chi connectivity index (χ2v) is 5.37. The molecule has 7 nitrogen and oxygen atoms in total. The van der Waals surface area contributed by atoms with Gasteiger partial charge in [0.25, 0.3) is 5.91 Å². The maximum Gasteiger partial charge on any atom is 0.309 e. The Balaban J connectivity index is 1.77. The van der Waals surface area contributed by atoms with Gasteiger partial charge >= 0.3 is 5.97 Å². The van der Waals surface area contributed by atoms with Crippen molar-refractivity contribution in [1.29, 1.82) is 5.26 Å². The molecule has 7 heteroatoms. The fourth-order valence-electron chi connectivity index (χ4n) is 2.44. The van der Waals surface area contributed by atoms with Crippen molar-refractivity contribution >= 4 is 17.7 Å². The number of hydrogen-bond donors (Lipinski definition) is 1. The van der Waals surface area contributed by atoms with Crippen LogP contribution in [0.2, 0.25) is 0 Å². The third-order valence-corrected chi connectivity index (χ3v) is 3.76. The zero-order valence-corrected chi connectivity index (χ0v) is 13.2. The predicted molar refractivity (Wildman–Crippen MR) is 86.7 cm³/mol. The Hall–Kier alpha value is -3.06. The van der Waals surface area contributed by atoms with Crippen LogP contribution in [0.4, 0.5) is 5.82 Å². The minimum absolute atomic E-state index is 0.117. The van der Waals surface area contributed by atoms with Gasteiger partial charge in [-0.25, -0.2) is 4.98 Å². The molecule has 1 amide bonds. The van der Waals surface area contributed by atoms with Gasteiger partial charge in [0.1, 0.15) is 11.9 Å². The number of hydrogen-bond acceptors (Lipinski definition) is 6. The highest BCUT2D eigenvalue weighted by Gasteiger charge is 2.27. The van der Waals surface area contributed by atoms with Crippen LogP contribution in [0.1, 0.15) is 18.4 Å². The maximum atomic E-state index is 12.0. The number of ether oxygens (including phenoxy) is 1. The molecule has 1 N–H and O–H groups in total. The second-order valence-electron chi connectivity index (χ2n) is 5.37. The van der Waals surface area contributed by atoms with Gasteiger partial charge in [-0.05, 0) is 25.0 Å². The number of anilines is 1. The molecule has 1 aliphatic heterocycles. The van der Waals surface area contributed by atoms with Crippen LogP contribution in [0.3, 0.4) is 0 Å². The van der Waals surface area contributed by atoms with E-state index in [4.69, 9.17) is 16.4 Å².